The third-order valence-corrected chi connectivity index (χ3v) is 10.8. The molecule has 0 spiro atoms. The maximum absolute atomic E-state index is 2.38. The first kappa shape index (κ1) is 33.2. The molecule has 10 rings (SSSR count). The van der Waals surface area contributed by atoms with E-state index in [1.807, 2.05) is 0 Å². The van der Waals surface area contributed by atoms with Crippen LogP contribution in [0.15, 0.2) is 231 Å². The largest absolute Gasteiger partial charge is 0.311 e. The molecule has 10 aromatic rings. The van der Waals surface area contributed by atoms with Crippen molar-refractivity contribution in [3.63, 3.8) is 0 Å². The van der Waals surface area contributed by atoms with E-state index in [0.29, 0.717) is 0 Å². The second kappa shape index (κ2) is 14.4. The van der Waals surface area contributed by atoms with Crippen LogP contribution in [0.25, 0.3) is 72.0 Å². The molecule has 0 aliphatic heterocycles. The van der Waals surface area contributed by atoms with Crippen LogP contribution in [0.3, 0.4) is 0 Å². The van der Waals surface area contributed by atoms with Crippen LogP contribution in [0, 0.1) is 0 Å². The van der Waals surface area contributed by atoms with E-state index in [0.717, 1.165) is 22.7 Å². The van der Waals surface area contributed by atoms with Crippen molar-refractivity contribution in [3.8, 4) is 50.2 Å². The summed E-state index contributed by atoms with van der Waals surface area (Å²) < 4.78 is 2.38. The van der Waals surface area contributed by atoms with Crippen LogP contribution in [-0.4, -0.2) is 4.57 Å². The van der Waals surface area contributed by atoms with Crippen molar-refractivity contribution in [2.75, 3.05) is 4.90 Å². The Morgan fingerprint density at radius 2 is 0.571 bits per heavy atom. The molecule has 0 radical (unpaired) electrons. The highest BCUT2D eigenvalue weighted by Crippen LogP contribution is 2.39. The molecule has 0 bridgehead atoms. The van der Waals surface area contributed by atoms with E-state index in [-0.39, 0.29) is 0 Å². The number of rotatable bonds is 8. The summed E-state index contributed by atoms with van der Waals surface area (Å²) >= 11 is 0. The Bertz CT molecular complexity index is 2850. The van der Waals surface area contributed by atoms with Crippen LogP contribution < -0.4 is 4.90 Å². The van der Waals surface area contributed by atoms with Gasteiger partial charge in [-0.05, 0) is 105 Å². The molecule has 1 aromatic heterocycles. The molecule has 0 aliphatic rings. The standard InChI is InChI=1S/C54H38N2/c1-3-12-39(13-4-1)41-22-24-42(25-23-41)44-28-34-48(35-29-44)55(47-32-26-43(27-33-47)40-14-5-2-6-15-40)49-36-30-45(31-37-49)46-16-11-17-50(38-46)56-53-20-9-7-18-51(53)52-19-8-10-21-54(52)56/h1-38H. The van der Waals surface area contributed by atoms with Gasteiger partial charge in [-0.25, -0.2) is 0 Å². The van der Waals surface area contributed by atoms with Crippen LogP contribution in [0.2, 0.25) is 0 Å². The average Bonchev–Trinajstić information content (AvgIpc) is 3.62. The van der Waals surface area contributed by atoms with Crippen LogP contribution in [0.5, 0.6) is 0 Å². The number of anilines is 3. The monoisotopic (exact) mass is 714 g/mol. The van der Waals surface area contributed by atoms with Crippen molar-refractivity contribution in [1.29, 1.82) is 0 Å². The van der Waals surface area contributed by atoms with Gasteiger partial charge < -0.3 is 9.47 Å². The van der Waals surface area contributed by atoms with Crippen molar-refractivity contribution < 1.29 is 0 Å². The fraction of sp³-hybridized carbons (Fsp3) is 0. The average molecular weight is 715 g/mol. The summed E-state index contributed by atoms with van der Waals surface area (Å²) in [6.45, 7) is 0. The van der Waals surface area contributed by atoms with Gasteiger partial charge >= 0.3 is 0 Å². The Morgan fingerprint density at radius 3 is 1.00 bits per heavy atom. The molecule has 0 saturated carbocycles. The molecule has 0 aliphatic carbocycles. The van der Waals surface area contributed by atoms with Gasteiger partial charge in [0.25, 0.3) is 0 Å². The molecule has 2 heteroatoms. The number of benzene rings is 9. The molecule has 9 aromatic carbocycles. The van der Waals surface area contributed by atoms with Crippen LogP contribution in [0.1, 0.15) is 0 Å². The smallest absolute Gasteiger partial charge is 0.0541 e. The maximum Gasteiger partial charge on any atom is 0.0541 e. The minimum absolute atomic E-state index is 1.10. The summed E-state index contributed by atoms with van der Waals surface area (Å²) in [5.74, 6) is 0. The van der Waals surface area contributed by atoms with E-state index in [1.165, 1.54) is 66.3 Å². The molecule has 0 atom stereocenters. The number of aromatic nitrogens is 1. The third kappa shape index (κ3) is 6.24. The van der Waals surface area contributed by atoms with Crippen molar-refractivity contribution in [2.24, 2.45) is 0 Å². The Balaban J connectivity index is 0.995. The van der Waals surface area contributed by atoms with Gasteiger partial charge in [0.15, 0.2) is 0 Å². The Hall–Kier alpha value is -7.42. The lowest BCUT2D eigenvalue weighted by Crippen LogP contribution is -2.09. The zero-order valence-corrected chi connectivity index (χ0v) is 30.8. The minimum atomic E-state index is 1.10. The summed E-state index contributed by atoms with van der Waals surface area (Å²) in [4.78, 5) is 2.34. The molecule has 0 fully saturated rings. The van der Waals surface area contributed by atoms with Crippen molar-refractivity contribution in [1.82, 2.24) is 4.57 Å². The highest BCUT2D eigenvalue weighted by atomic mass is 15.1. The number of fused-ring (bicyclic) bond motifs is 3. The Labute approximate surface area is 327 Å². The summed E-state index contributed by atoms with van der Waals surface area (Å²) in [6.07, 6.45) is 0. The van der Waals surface area contributed by atoms with E-state index in [2.05, 4.69) is 240 Å². The minimum Gasteiger partial charge on any atom is -0.311 e. The van der Waals surface area contributed by atoms with E-state index in [4.69, 9.17) is 0 Å². The number of hydrogen-bond acceptors (Lipinski definition) is 1. The highest BCUT2D eigenvalue weighted by Gasteiger charge is 2.15. The first-order valence-corrected chi connectivity index (χ1v) is 19.2. The van der Waals surface area contributed by atoms with Crippen LogP contribution in [-0.2, 0) is 0 Å². The number of nitrogens with zero attached hydrogens (tertiary/aromatic N) is 2. The molecule has 2 nitrogen and oxygen atoms in total. The third-order valence-electron chi connectivity index (χ3n) is 10.8. The topological polar surface area (TPSA) is 8.17 Å². The summed E-state index contributed by atoms with van der Waals surface area (Å²) in [5, 5.41) is 2.53. The molecular weight excluding hydrogens is 677 g/mol. The highest BCUT2D eigenvalue weighted by molar-refractivity contribution is 6.09. The van der Waals surface area contributed by atoms with Gasteiger partial charge in [0.05, 0.1) is 11.0 Å². The van der Waals surface area contributed by atoms with Gasteiger partial charge in [-0.1, -0.05) is 170 Å². The van der Waals surface area contributed by atoms with Gasteiger partial charge in [-0.15, -0.1) is 0 Å². The molecule has 0 saturated heterocycles. The summed E-state index contributed by atoms with van der Waals surface area (Å²) in [7, 11) is 0. The van der Waals surface area contributed by atoms with E-state index < -0.39 is 0 Å². The van der Waals surface area contributed by atoms with Crippen LogP contribution in [0.4, 0.5) is 17.1 Å². The van der Waals surface area contributed by atoms with Gasteiger partial charge in [0.1, 0.15) is 0 Å². The molecular formula is C54H38N2. The SMILES string of the molecule is c1ccc(-c2ccc(-c3ccc(N(c4ccc(-c5ccccc5)cc4)c4ccc(-c5cccc(-n6c7ccccc7c7ccccc76)c5)cc4)cc3)cc2)cc1. The number of para-hydroxylation sites is 2. The quantitative estimate of drug-likeness (QED) is 0.152. The van der Waals surface area contributed by atoms with Crippen LogP contribution >= 0.6 is 0 Å². The molecule has 0 N–H and O–H groups in total. The second-order valence-corrected chi connectivity index (χ2v) is 14.2. The predicted molar refractivity (Wildman–Crippen MR) is 237 cm³/mol. The Kier molecular flexibility index (Phi) is 8.55. The zero-order chi connectivity index (χ0) is 37.3. The molecule has 0 unspecified atom stereocenters. The van der Waals surface area contributed by atoms with Crippen molar-refractivity contribution in [2.45, 2.75) is 0 Å². The van der Waals surface area contributed by atoms with Gasteiger partial charge in [-0.2, -0.15) is 0 Å². The lowest BCUT2D eigenvalue weighted by Gasteiger charge is -2.26. The maximum atomic E-state index is 2.38. The molecule has 0 amide bonds. The fourth-order valence-electron chi connectivity index (χ4n) is 8.00. The van der Waals surface area contributed by atoms with Gasteiger partial charge in [0.2, 0.25) is 0 Å². The predicted octanol–water partition coefficient (Wildman–Crippen LogP) is 14.9. The normalized spacial score (nSPS) is 11.2. The summed E-state index contributed by atoms with van der Waals surface area (Å²) in [5.41, 5.74) is 16.5. The Morgan fingerprint density at radius 1 is 0.250 bits per heavy atom. The van der Waals surface area contributed by atoms with Gasteiger partial charge in [0, 0.05) is 33.5 Å². The zero-order valence-electron chi connectivity index (χ0n) is 30.8. The number of hydrogen-bond donors (Lipinski definition) is 0. The molecule has 1 heterocycles. The second-order valence-electron chi connectivity index (χ2n) is 14.2. The fourth-order valence-corrected chi connectivity index (χ4v) is 8.00. The lowest BCUT2D eigenvalue weighted by molar-refractivity contribution is 1.18. The van der Waals surface area contributed by atoms with E-state index in [9.17, 15) is 0 Å². The molecule has 264 valence electrons. The first-order chi connectivity index (χ1) is 27.8. The van der Waals surface area contributed by atoms with E-state index in [1.54, 1.807) is 0 Å². The summed E-state index contributed by atoms with van der Waals surface area (Å²) in [6, 6.07) is 82.9. The van der Waals surface area contributed by atoms with Crippen molar-refractivity contribution in [3.05, 3.63) is 231 Å². The van der Waals surface area contributed by atoms with Gasteiger partial charge in [-0.3, -0.25) is 0 Å². The molecule has 56 heavy (non-hydrogen) atoms. The lowest BCUT2D eigenvalue weighted by atomic mass is 10.00. The van der Waals surface area contributed by atoms with Crippen molar-refractivity contribution >= 4 is 38.9 Å². The van der Waals surface area contributed by atoms with E-state index >= 15 is 0 Å². The first-order valence-electron chi connectivity index (χ1n) is 19.2.